The zero-order valence-corrected chi connectivity index (χ0v) is 9.23. The molecule has 0 fully saturated rings. The minimum absolute atomic E-state index is 0.0331. The van der Waals surface area contributed by atoms with Gasteiger partial charge in [-0.05, 0) is 25.0 Å². The van der Waals surface area contributed by atoms with Crippen molar-refractivity contribution in [2.75, 3.05) is 11.6 Å². The maximum Gasteiger partial charge on any atom is 0.228 e. The first-order chi connectivity index (χ1) is 7.20. The highest BCUT2D eigenvalue weighted by Gasteiger charge is 2.14. The molecule has 1 amide bonds. The van der Waals surface area contributed by atoms with Crippen molar-refractivity contribution in [3.05, 3.63) is 29.8 Å². The fraction of sp³-hybridized carbons (Fsp3) is 0.417. The van der Waals surface area contributed by atoms with Crippen LogP contribution in [0.1, 0.15) is 25.3 Å². The largest absolute Gasteiger partial charge is 0.376 e. The third-order valence-corrected chi connectivity index (χ3v) is 2.31. The Bertz CT molecular complexity index is 336. The number of para-hydroxylation sites is 1. The summed E-state index contributed by atoms with van der Waals surface area (Å²) in [5.41, 5.74) is 1.79. The van der Waals surface area contributed by atoms with Gasteiger partial charge in [-0.25, -0.2) is 0 Å². The lowest BCUT2D eigenvalue weighted by Crippen LogP contribution is -2.31. The highest BCUT2D eigenvalue weighted by molar-refractivity contribution is 5.93. The molecule has 1 rings (SSSR count). The molecule has 0 atom stereocenters. The van der Waals surface area contributed by atoms with Crippen LogP contribution in [0.2, 0.25) is 0 Å². The fourth-order valence-electron chi connectivity index (χ4n) is 1.50. The number of amides is 1. The molecule has 0 saturated heterocycles. The first-order valence-electron chi connectivity index (χ1n) is 5.17. The van der Waals surface area contributed by atoms with Gasteiger partial charge in [-0.15, -0.1) is 0 Å². The van der Waals surface area contributed by atoms with Crippen LogP contribution in [-0.4, -0.2) is 17.7 Å². The minimum atomic E-state index is -0.260. The van der Waals surface area contributed by atoms with Crippen LogP contribution in [0.15, 0.2) is 24.3 Å². The molecule has 0 heterocycles. The van der Waals surface area contributed by atoms with Crippen molar-refractivity contribution < 1.29 is 9.90 Å². The van der Waals surface area contributed by atoms with Crippen molar-refractivity contribution in [2.45, 2.75) is 26.7 Å². The minimum Gasteiger partial charge on any atom is -0.376 e. The average molecular weight is 207 g/mol. The zero-order valence-electron chi connectivity index (χ0n) is 9.23. The topological polar surface area (TPSA) is 40.5 Å². The maximum absolute atomic E-state index is 11.7. The summed E-state index contributed by atoms with van der Waals surface area (Å²) in [4.78, 5) is 13.1. The van der Waals surface area contributed by atoms with Crippen LogP contribution in [0.25, 0.3) is 0 Å². The summed E-state index contributed by atoms with van der Waals surface area (Å²) in [6.45, 7) is 3.62. The van der Waals surface area contributed by atoms with E-state index in [1.165, 1.54) is 4.90 Å². The Labute approximate surface area is 90.3 Å². The van der Waals surface area contributed by atoms with Gasteiger partial charge in [0.25, 0.3) is 0 Å². The van der Waals surface area contributed by atoms with Crippen LogP contribution in [0.3, 0.4) is 0 Å². The highest BCUT2D eigenvalue weighted by Crippen LogP contribution is 2.19. The summed E-state index contributed by atoms with van der Waals surface area (Å²) in [6, 6.07) is 7.55. The Morgan fingerprint density at radius 2 is 2.07 bits per heavy atom. The van der Waals surface area contributed by atoms with Gasteiger partial charge >= 0.3 is 0 Å². The summed E-state index contributed by atoms with van der Waals surface area (Å²) in [7, 11) is 0. The van der Waals surface area contributed by atoms with Gasteiger partial charge in [-0.1, -0.05) is 25.1 Å². The number of hydrogen-bond acceptors (Lipinski definition) is 2. The molecule has 0 spiro atoms. The number of carbonyl (C=O) groups is 1. The molecule has 0 bridgehead atoms. The van der Waals surface area contributed by atoms with E-state index in [1.807, 2.05) is 38.1 Å². The van der Waals surface area contributed by atoms with Crippen molar-refractivity contribution >= 4 is 11.6 Å². The van der Waals surface area contributed by atoms with Crippen LogP contribution in [0, 0.1) is 6.92 Å². The van der Waals surface area contributed by atoms with Gasteiger partial charge in [0.2, 0.25) is 5.91 Å². The van der Waals surface area contributed by atoms with Gasteiger partial charge in [0, 0.05) is 12.1 Å². The zero-order chi connectivity index (χ0) is 11.3. The van der Waals surface area contributed by atoms with Gasteiger partial charge in [0.15, 0.2) is 0 Å². The number of benzene rings is 1. The van der Waals surface area contributed by atoms with E-state index in [4.69, 9.17) is 0 Å². The van der Waals surface area contributed by atoms with E-state index in [0.717, 1.165) is 17.7 Å². The van der Waals surface area contributed by atoms with E-state index in [-0.39, 0.29) is 12.6 Å². The van der Waals surface area contributed by atoms with E-state index in [1.54, 1.807) is 0 Å². The Morgan fingerprint density at radius 1 is 1.40 bits per heavy atom. The monoisotopic (exact) mass is 207 g/mol. The van der Waals surface area contributed by atoms with Crippen molar-refractivity contribution in [1.29, 1.82) is 0 Å². The van der Waals surface area contributed by atoms with E-state index >= 15 is 0 Å². The van der Waals surface area contributed by atoms with Gasteiger partial charge in [0.1, 0.15) is 6.73 Å². The normalized spacial score (nSPS) is 10.1. The summed E-state index contributed by atoms with van der Waals surface area (Å²) in [5.74, 6) is -0.0331. The van der Waals surface area contributed by atoms with E-state index in [0.29, 0.717) is 6.42 Å². The Kier molecular flexibility index (Phi) is 4.31. The predicted molar refractivity (Wildman–Crippen MR) is 60.7 cm³/mol. The molecule has 1 aromatic rings. The number of carbonyl (C=O) groups excluding carboxylic acids is 1. The lowest BCUT2D eigenvalue weighted by molar-refractivity contribution is -0.119. The molecule has 0 aliphatic heterocycles. The Morgan fingerprint density at radius 3 is 2.60 bits per heavy atom. The Balaban J connectivity index is 2.92. The predicted octanol–water partition coefficient (Wildman–Crippen LogP) is 2.08. The molecule has 0 aliphatic rings. The second-order valence-electron chi connectivity index (χ2n) is 3.50. The smallest absolute Gasteiger partial charge is 0.228 e. The summed E-state index contributed by atoms with van der Waals surface area (Å²) in [5, 5.41) is 9.21. The van der Waals surface area contributed by atoms with E-state index in [2.05, 4.69) is 0 Å². The molecule has 0 saturated carbocycles. The number of anilines is 1. The Hall–Kier alpha value is -1.35. The summed E-state index contributed by atoms with van der Waals surface area (Å²) < 4.78 is 0. The standard InChI is InChI=1S/C12H17NO2/c1-3-6-12(15)13(9-14)11-8-5-4-7-10(11)2/h4-5,7-8,14H,3,6,9H2,1-2H3. The van der Waals surface area contributed by atoms with Crippen LogP contribution in [-0.2, 0) is 4.79 Å². The van der Waals surface area contributed by atoms with E-state index in [9.17, 15) is 9.90 Å². The van der Waals surface area contributed by atoms with Crippen molar-refractivity contribution in [1.82, 2.24) is 0 Å². The third-order valence-electron chi connectivity index (χ3n) is 2.31. The van der Waals surface area contributed by atoms with Crippen LogP contribution >= 0.6 is 0 Å². The van der Waals surface area contributed by atoms with Crippen molar-refractivity contribution in [2.24, 2.45) is 0 Å². The molecule has 0 unspecified atom stereocenters. The van der Waals surface area contributed by atoms with E-state index < -0.39 is 0 Å². The molecule has 0 aliphatic carbocycles. The van der Waals surface area contributed by atoms with Crippen molar-refractivity contribution in [3.63, 3.8) is 0 Å². The number of aliphatic hydroxyl groups is 1. The SMILES string of the molecule is CCCC(=O)N(CO)c1ccccc1C. The molecule has 82 valence electrons. The summed E-state index contributed by atoms with van der Waals surface area (Å²) in [6.07, 6.45) is 1.26. The molecular formula is C12H17NO2. The summed E-state index contributed by atoms with van der Waals surface area (Å²) >= 11 is 0. The van der Waals surface area contributed by atoms with Crippen LogP contribution in [0.4, 0.5) is 5.69 Å². The molecular weight excluding hydrogens is 190 g/mol. The first kappa shape index (κ1) is 11.7. The van der Waals surface area contributed by atoms with Gasteiger partial charge in [-0.3, -0.25) is 9.69 Å². The number of aryl methyl sites for hydroxylation is 1. The average Bonchev–Trinajstić information content (AvgIpc) is 2.22. The van der Waals surface area contributed by atoms with Gasteiger partial charge in [-0.2, -0.15) is 0 Å². The number of rotatable bonds is 4. The second kappa shape index (κ2) is 5.51. The van der Waals surface area contributed by atoms with Crippen molar-refractivity contribution in [3.8, 4) is 0 Å². The van der Waals surface area contributed by atoms with Gasteiger partial charge in [0.05, 0.1) is 0 Å². The molecule has 15 heavy (non-hydrogen) atoms. The molecule has 3 heteroatoms. The number of nitrogens with zero attached hydrogens (tertiary/aromatic N) is 1. The molecule has 0 aromatic heterocycles. The fourth-order valence-corrected chi connectivity index (χ4v) is 1.50. The molecule has 0 radical (unpaired) electrons. The van der Waals surface area contributed by atoms with Crippen LogP contribution < -0.4 is 4.90 Å². The quantitative estimate of drug-likeness (QED) is 0.768. The maximum atomic E-state index is 11.7. The number of hydrogen-bond donors (Lipinski definition) is 1. The lowest BCUT2D eigenvalue weighted by atomic mass is 10.1. The first-order valence-corrected chi connectivity index (χ1v) is 5.17. The third kappa shape index (κ3) is 2.80. The van der Waals surface area contributed by atoms with Gasteiger partial charge < -0.3 is 5.11 Å². The molecule has 1 aromatic carbocycles. The molecule has 1 N–H and O–H groups in total. The lowest BCUT2D eigenvalue weighted by Gasteiger charge is -2.21. The highest BCUT2D eigenvalue weighted by atomic mass is 16.3. The number of aliphatic hydroxyl groups excluding tert-OH is 1. The second-order valence-corrected chi connectivity index (χ2v) is 3.50. The molecule has 3 nitrogen and oxygen atoms in total. The van der Waals surface area contributed by atoms with Crippen LogP contribution in [0.5, 0.6) is 0 Å².